The number of methoxy groups -OCH3 is 1. The topological polar surface area (TPSA) is 58.6 Å². The van der Waals surface area contributed by atoms with Crippen molar-refractivity contribution in [3.8, 4) is 0 Å². The van der Waals surface area contributed by atoms with Crippen molar-refractivity contribution in [1.29, 1.82) is 0 Å². The summed E-state index contributed by atoms with van der Waals surface area (Å²) in [4.78, 5) is 11.1. The molecule has 0 saturated heterocycles. The number of aliphatic carboxylic acids is 1. The van der Waals surface area contributed by atoms with Gasteiger partial charge in [-0.1, -0.05) is 19.8 Å². The maximum Gasteiger partial charge on any atom is 0.320 e. The molecule has 0 heterocycles. The normalized spacial score (nSPS) is 26.9. The second-order valence-corrected chi connectivity index (χ2v) is 4.57. The van der Waals surface area contributed by atoms with Crippen molar-refractivity contribution >= 4 is 5.97 Å². The molecule has 0 aromatic rings. The first-order chi connectivity index (χ1) is 7.67. The van der Waals surface area contributed by atoms with E-state index in [-0.39, 0.29) is 6.04 Å². The van der Waals surface area contributed by atoms with Gasteiger partial charge >= 0.3 is 5.97 Å². The van der Waals surface area contributed by atoms with Gasteiger partial charge in [-0.3, -0.25) is 4.79 Å². The summed E-state index contributed by atoms with van der Waals surface area (Å²) in [6, 6.07) is -0.0801. The van der Waals surface area contributed by atoms with Crippen molar-refractivity contribution in [3.63, 3.8) is 0 Å². The van der Waals surface area contributed by atoms with E-state index in [4.69, 9.17) is 9.84 Å². The first-order valence-corrected chi connectivity index (χ1v) is 6.19. The summed E-state index contributed by atoms with van der Waals surface area (Å²) in [7, 11) is 1.72. The number of carboxylic acid groups (broad SMARTS) is 1. The molecule has 1 aliphatic carbocycles. The Bertz CT molecular complexity index is 220. The van der Waals surface area contributed by atoms with Crippen LogP contribution >= 0.6 is 0 Å². The summed E-state index contributed by atoms with van der Waals surface area (Å²) in [6.07, 6.45) is 6.02. The molecule has 0 radical (unpaired) electrons. The van der Waals surface area contributed by atoms with Gasteiger partial charge in [-0.2, -0.15) is 0 Å². The number of rotatable bonds is 7. The van der Waals surface area contributed by atoms with Gasteiger partial charge in [-0.25, -0.2) is 0 Å². The monoisotopic (exact) mass is 229 g/mol. The average molecular weight is 229 g/mol. The molecule has 0 aromatic carbocycles. The SMILES string of the molecule is CCCCC(NC1CCC(OC)C1)C(=O)O. The Morgan fingerprint density at radius 3 is 2.81 bits per heavy atom. The summed E-state index contributed by atoms with van der Waals surface area (Å²) in [5, 5.41) is 12.3. The molecule has 1 aliphatic rings. The highest BCUT2D eigenvalue weighted by molar-refractivity contribution is 5.73. The van der Waals surface area contributed by atoms with Crippen LogP contribution in [0.25, 0.3) is 0 Å². The zero-order chi connectivity index (χ0) is 12.0. The molecule has 0 amide bonds. The molecule has 16 heavy (non-hydrogen) atoms. The Labute approximate surface area is 97.4 Å². The molecular formula is C12H23NO3. The third-order valence-electron chi connectivity index (χ3n) is 3.30. The third kappa shape index (κ3) is 4.10. The highest BCUT2D eigenvalue weighted by atomic mass is 16.5. The van der Waals surface area contributed by atoms with Gasteiger partial charge in [0.2, 0.25) is 0 Å². The Morgan fingerprint density at radius 1 is 1.56 bits per heavy atom. The van der Waals surface area contributed by atoms with Crippen LogP contribution in [-0.2, 0) is 9.53 Å². The van der Waals surface area contributed by atoms with E-state index in [0.29, 0.717) is 12.1 Å². The van der Waals surface area contributed by atoms with E-state index in [2.05, 4.69) is 12.2 Å². The first-order valence-electron chi connectivity index (χ1n) is 6.19. The van der Waals surface area contributed by atoms with Crippen LogP contribution in [0.2, 0.25) is 0 Å². The van der Waals surface area contributed by atoms with Crippen LogP contribution in [0.3, 0.4) is 0 Å². The van der Waals surface area contributed by atoms with E-state index in [9.17, 15) is 4.79 Å². The Balaban J connectivity index is 2.34. The number of unbranched alkanes of at least 4 members (excludes halogenated alkanes) is 1. The number of hydrogen-bond acceptors (Lipinski definition) is 3. The van der Waals surface area contributed by atoms with Crippen LogP contribution in [0, 0.1) is 0 Å². The van der Waals surface area contributed by atoms with E-state index < -0.39 is 5.97 Å². The molecule has 1 fully saturated rings. The van der Waals surface area contributed by atoms with Crippen LogP contribution in [-0.4, -0.2) is 36.4 Å². The van der Waals surface area contributed by atoms with Gasteiger partial charge in [-0.05, 0) is 25.7 Å². The zero-order valence-electron chi connectivity index (χ0n) is 10.2. The van der Waals surface area contributed by atoms with Crippen molar-refractivity contribution in [2.45, 2.75) is 63.6 Å². The first kappa shape index (κ1) is 13.5. The number of nitrogens with one attached hydrogen (secondary N) is 1. The molecule has 0 aliphatic heterocycles. The summed E-state index contributed by atoms with van der Waals surface area (Å²) < 4.78 is 5.28. The molecule has 1 rings (SSSR count). The number of carbonyl (C=O) groups is 1. The van der Waals surface area contributed by atoms with Crippen molar-refractivity contribution < 1.29 is 14.6 Å². The lowest BCUT2D eigenvalue weighted by Gasteiger charge is -2.19. The molecule has 2 N–H and O–H groups in total. The minimum absolute atomic E-state index is 0.304. The molecule has 0 spiro atoms. The molecule has 0 bridgehead atoms. The van der Waals surface area contributed by atoms with Crippen molar-refractivity contribution in [3.05, 3.63) is 0 Å². The summed E-state index contributed by atoms with van der Waals surface area (Å²) in [6.45, 7) is 2.08. The second-order valence-electron chi connectivity index (χ2n) is 4.57. The standard InChI is InChI=1S/C12H23NO3/c1-3-4-5-11(12(14)15)13-9-6-7-10(8-9)16-2/h9-11,13H,3-8H2,1-2H3,(H,14,15). The predicted octanol–water partition coefficient (Wildman–Crippen LogP) is 1.79. The van der Waals surface area contributed by atoms with E-state index in [1.165, 1.54) is 0 Å². The summed E-state index contributed by atoms with van der Waals surface area (Å²) in [5.41, 5.74) is 0. The molecule has 4 nitrogen and oxygen atoms in total. The fraction of sp³-hybridized carbons (Fsp3) is 0.917. The van der Waals surface area contributed by atoms with Gasteiger partial charge in [-0.15, -0.1) is 0 Å². The third-order valence-corrected chi connectivity index (χ3v) is 3.30. The molecule has 94 valence electrons. The average Bonchev–Trinajstić information content (AvgIpc) is 2.71. The molecule has 4 heteroatoms. The molecule has 0 aromatic heterocycles. The highest BCUT2D eigenvalue weighted by Gasteiger charge is 2.28. The lowest BCUT2D eigenvalue weighted by atomic mass is 10.1. The van der Waals surface area contributed by atoms with Gasteiger partial charge in [0.1, 0.15) is 6.04 Å². The minimum atomic E-state index is -0.727. The number of ether oxygens (including phenoxy) is 1. The van der Waals surface area contributed by atoms with Gasteiger partial charge in [0, 0.05) is 13.2 Å². The maximum absolute atomic E-state index is 11.1. The molecule has 1 saturated carbocycles. The van der Waals surface area contributed by atoms with Gasteiger partial charge in [0.15, 0.2) is 0 Å². The minimum Gasteiger partial charge on any atom is -0.480 e. The van der Waals surface area contributed by atoms with Crippen molar-refractivity contribution in [1.82, 2.24) is 5.32 Å². The second kappa shape index (κ2) is 6.86. The fourth-order valence-electron chi connectivity index (χ4n) is 2.28. The van der Waals surface area contributed by atoms with E-state index in [1.54, 1.807) is 7.11 Å². The maximum atomic E-state index is 11.1. The quantitative estimate of drug-likeness (QED) is 0.698. The van der Waals surface area contributed by atoms with Crippen LogP contribution in [0.15, 0.2) is 0 Å². The van der Waals surface area contributed by atoms with Crippen molar-refractivity contribution in [2.75, 3.05) is 7.11 Å². The number of carboxylic acids is 1. The highest BCUT2D eigenvalue weighted by Crippen LogP contribution is 2.22. The van der Waals surface area contributed by atoms with Crippen LogP contribution < -0.4 is 5.32 Å². The predicted molar refractivity (Wildman–Crippen MR) is 62.5 cm³/mol. The molecular weight excluding hydrogens is 206 g/mol. The Morgan fingerprint density at radius 2 is 2.31 bits per heavy atom. The molecule has 3 unspecified atom stereocenters. The largest absolute Gasteiger partial charge is 0.480 e. The van der Waals surface area contributed by atoms with Gasteiger partial charge in [0.25, 0.3) is 0 Å². The smallest absolute Gasteiger partial charge is 0.320 e. The summed E-state index contributed by atoms with van der Waals surface area (Å²) in [5.74, 6) is -0.727. The van der Waals surface area contributed by atoms with Crippen LogP contribution in [0.5, 0.6) is 0 Å². The zero-order valence-corrected chi connectivity index (χ0v) is 10.2. The Kier molecular flexibility index (Phi) is 5.77. The van der Waals surface area contributed by atoms with E-state index in [0.717, 1.165) is 38.5 Å². The fourth-order valence-corrected chi connectivity index (χ4v) is 2.28. The lowest BCUT2D eigenvalue weighted by Crippen LogP contribution is -2.42. The Hall–Kier alpha value is -0.610. The van der Waals surface area contributed by atoms with Gasteiger partial charge in [0.05, 0.1) is 6.10 Å². The van der Waals surface area contributed by atoms with E-state index in [1.807, 2.05) is 0 Å². The van der Waals surface area contributed by atoms with Crippen molar-refractivity contribution in [2.24, 2.45) is 0 Å². The van der Waals surface area contributed by atoms with Gasteiger partial charge < -0.3 is 15.2 Å². The molecule has 3 atom stereocenters. The lowest BCUT2D eigenvalue weighted by molar-refractivity contribution is -0.139. The summed E-state index contributed by atoms with van der Waals surface area (Å²) >= 11 is 0. The van der Waals surface area contributed by atoms with Crippen LogP contribution in [0.4, 0.5) is 0 Å². The number of hydrogen-bond donors (Lipinski definition) is 2. The van der Waals surface area contributed by atoms with E-state index >= 15 is 0 Å². The van der Waals surface area contributed by atoms with Crippen LogP contribution in [0.1, 0.15) is 45.4 Å².